The molecular formula is C25H30N6O. The van der Waals surface area contributed by atoms with Crippen LogP contribution in [0.4, 0.5) is 11.5 Å². The van der Waals surface area contributed by atoms with E-state index in [9.17, 15) is 4.79 Å². The summed E-state index contributed by atoms with van der Waals surface area (Å²) in [4.78, 5) is 31.3. The number of pyridine rings is 1. The molecule has 0 aliphatic carbocycles. The van der Waals surface area contributed by atoms with Gasteiger partial charge in [0.05, 0.1) is 12.1 Å². The number of likely N-dealkylation sites (tertiary alicyclic amines) is 1. The number of anilines is 2. The molecule has 0 spiro atoms. The Morgan fingerprint density at radius 3 is 2.84 bits per heavy atom. The van der Waals surface area contributed by atoms with Gasteiger partial charge in [0.15, 0.2) is 0 Å². The molecule has 2 aliphatic rings. The van der Waals surface area contributed by atoms with Gasteiger partial charge in [-0.2, -0.15) is 0 Å². The van der Waals surface area contributed by atoms with Crippen LogP contribution < -0.4 is 10.2 Å². The van der Waals surface area contributed by atoms with E-state index in [4.69, 9.17) is 9.97 Å². The van der Waals surface area contributed by atoms with Crippen LogP contribution in [-0.2, 0) is 11.2 Å². The topological polar surface area (TPSA) is 74.2 Å². The van der Waals surface area contributed by atoms with Crippen LogP contribution in [0.2, 0.25) is 0 Å². The van der Waals surface area contributed by atoms with Crippen LogP contribution in [0.1, 0.15) is 42.3 Å². The van der Waals surface area contributed by atoms with E-state index in [2.05, 4.69) is 34.1 Å². The second-order valence-electron chi connectivity index (χ2n) is 9.00. The smallest absolute Gasteiger partial charge is 0.238 e. The van der Waals surface area contributed by atoms with Crippen molar-refractivity contribution < 1.29 is 4.79 Å². The van der Waals surface area contributed by atoms with Crippen molar-refractivity contribution in [3.05, 3.63) is 53.6 Å². The van der Waals surface area contributed by atoms with E-state index >= 15 is 0 Å². The lowest BCUT2D eigenvalue weighted by atomic mass is 9.95. The van der Waals surface area contributed by atoms with Crippen LogP contribution >= 0.6 is 0 Å². The number of fused-ring (bicyclic) bond motifs is 2. The quantitative estimate of drug-likeness (QED) is 0.683. The zero-order valence-corrected chi connectivity index (χ0v) is 18.8. The van der Waals surface area contributed by atoms with Gasteiger partial charge in [-0.25, -0.2) is 9.97 Å². The highest BCUT2D eigenvalue weighted by Crippen LogP contribution is 2.31. The van der Waals surface area contributed by atoms with Gasteiger partial charge in [0.25, 0.3) is 0 Å². The Morgan fingerprint density at radius 1 is 1.16 bits per heavy atom. The number of carbonyl (C=O) groups is 1. The van der Waals surface area contributed by atoms with Gasteiger partial charge >= 0.3 is 0 Å². The van der Waals surface area contributed by atoms with Crippen molar-refractivity contribution in [2.24, 2.45) is 0 Å². The molecule has 32 heavy (non-hydrogen) atoms. The van der Waals surface area contributed by atoms with E-state index in [1.54, 1.807) is 6.20 Å². The SMILES string of the molecule is Cc1nc(C2CCN(CC(=O)Nc3ccc4ncccc4c3)CC2)nc2c1CCCN2C. The summed E-state index contributed by atoms with van der Waals surface area (Å²) in [5.41, 5.74) is 4.18. The Labute approximate surface area is 188 Å². The zero-order chi connectivity index (χ0) is 22.1. The minimum atomic E-state index is 0.0224. The average Bonchev–Trinajstić information content (AvgIpc) is 2.80. The number of aryl methyl sites for hydroxylation is 1. The molecule has 0 atom stereocenters. The normalized spacial score (nSPS) is 17.4. The number of amides is 1. The third-order valence-electron chi connectivity index (χ3n) is 6.70. The lowest BCUT2D eigenvalue weighted by Gasteiger charge is -2.32. The maximum Gasteiger partial charge on any atom is 0.238 e. The van der Waals surface area contributed by atoms with E-state index < -0.39 is 0 Å². The van der Waals surface area contributed by atoms with Gasteiger partial charge in [-0.15, -0.1) is 0 Å². The van der Waals surface area contributed by atoms with Gasteiger partial charge in [-0.1, -0.05) is 6.07 Å². The maximum absolute atomic E-state index is 12.6. The molecule has 2 aromatic heterocycles. The molecule has 2 aliphatic heterocycles. The van der Waals surface area contributed by atoms with Crippen molar-refractivity contribution in [2.75, 3.05) is 43.4 Å². The zero-order valence-electron chi connectivity index (χ0n) is 18.8. The number of rotatable bonds is 4. The third kappa shape index (κ3) is 4.30. The molecule has 7 heteroatoms. The fourth-order valence-corrected chi connectivity index (χ4v) is 4.90. The molecule has 5 rings (SSSR count). The summed E-state index contributed by atoms with van der Waals surface area (Å²) in [6.45, 7) is 5.35. The van der Waals surface area contributed by atoms with Crippen molar-refractivity contribution in [3.63, 3.8) is 0 Å². The van der Waals surface area contributed by atoms with E-state index in [1.807, 2.05) is 30.3 Å². The summed E-state index contributed by atoms with van der Waals surface area (Å²) in [5, 5.41) is 4.06. The fraction of sp³-hybridized carbons (Fsp3) is 0.440. The molecule has 1 aromatic carbocycles. The molecular weight excluding hydrogens is 400 g/mol. The van der Waals surface area contributed by atoms with Crippen LogP contribution in [0.3, 0.4) is 0 Å². The molecule has 4 heterocycles. The number of benzene rings is 1. The number of carbonyl (C=O) groups excluding carboxylic acids is 1. The monoisotopic (exact) mass is 430 g/mol. The average molecular weight is 431 g/mol. The molecule has 1 fully saturated rings. The third-order valence-corrected chi connectivity index (χ3v) is 6.70. The largest absolute Gasteiger partial charge is 0.359 e. The Balaban J connectivity index is 1.18. The van der Waals surface area contributed by atoms with Crippen LogP contribution in [0.5, 0.6) is 0 Å². The second kappa shape index (κ2) is 8.82. The molecule has 1 amide bonds. The first kappa shape index (κ1) is 20.8. The van der Waals surface area contributed by atoms with Gasteiger partial charge in [0.2, 0.25) is 5.91 Å². The van der Waals surface area contributed by atoms with Gasteiger partial charge in [-0.3, -0.25) is 14.7 Å². The number of nitrogens with zero attached hydrogens (tertiary/aromatic N) is 5. The number of nitrogens with one attached hydrogen (secondary N) is 1. The van der Waals surface area contributed by atoms with E-state index in [-0.39, 0.29) is 5.91 Å². The molecule has 3 aromatic rings. The van der Waals surface area contributed by atoms with E-state index in [1.165, 1.54) is 12.0 Å². The van der Waals surface area contributed by atoms with Gasteiger partial charge in [0.1, 0.15) is 11.6 Å². The van der Waals surface area contributed by atoms with Crippen molar-refractivity contribution in [3.8, 4) is 0 Å². The van der Waals surface area contributed by atoms with Crippen molar-refractivity contribution >= 4 is 28.3 Å². The Morgan fingerprint density at radius 2 is 2.00 bits per heavy atom. The second-order valence-corrected chi connectivity index (χ2v) is 9.00. The predicted molar refractivity (Wildman–Crippen MR) is 127 cm³/mol. The highest BCUT2D eigenvalue weighted by Gasteiger charge is 2.27. The Kier molecular flexibility index (Phi) is 5.74. The van der Waals surface area contributed by atoms with Crippen LogP contribution in [0.25, 0.3) is 10.9 Å². The lowest BCUT2D eigenvalue weighted by Crippen LogP contribution is -2.39. The number of hydrogen-bond acceptors (Lipinski definition) is 6. The van der Waals surface area contributed by atoms with E-state index in [0.29, 0.717) is 12.5 Å². The minimum Gasteiger partial charge on any atom is -0.359 e. The van der Waals surface area contributed by atoms with Gasteiger partial charge in [0, 0.05) is 48.0 Å². The predicted octanol–water partition coefficient (Wildman–Crippen LogP) is 3.53. The van der Waals surface area contributed by atoms with Crippen molar-refractivity contribution in [1.29, 1.82) is 0 Å². The van der Waals surface area contributed by atoms with E-state index in [0.717, 1.165) is 72.8 Å². The maximum atomic E-state index is 12.6. The van der Waals surface area contributed by atoms with Crippen molar-refractivity contribution in [2.45, 2.75) is 38.5 Å². The van der Waals surface area contributed by atoms with Gasteiger partial charge < -0.3 is 10.2 Å². The summed E-state index contributed by atoms with van der Waals surface area (Å²) < 4.78 is 0. The Hall–Kier alpha value is -3.06. The van der Waals surface area contributed by atoms with Crippen molar-refractivity contribution in [1.82, 2.24) is 19.9 Å². The minimum absolute atomic E-state index is 0.0224. The lowest BCUT2D eigenvalue weighted by molar-refractivity contribution is -0.117. The Bertz CT molecular complexity index is 1140. The van der Waals surface area contributed by atoms with Crippen LogP contribution in [0.15, 0.2) is 36.5 Å². The molecule has 0 unspecified atom stereocenters. The first-order valence-electron chi connectivity index (χ1n) is 11.5. The fourth-order valence-electron chi connectivity index (χ4n) is 4.90. The first-order valence-corrected chi connectivity index (χ1v) is 11.5. The standard InChI is InChI=1S/C25H30N6O/c1-17-21-6-4-12-30(2)25(21)29-24(27-17)18-9-13-31(14-10-18)16-23(32)28-20-7-8-22-19(15-20)5-3-11-26-22/h3,5,7-8,11,15,18H,4,6,9-10,12-14,16H2,1-2H3,(H,28,32). The van der Waals surface area contributed by atoms with Crippen LogP contribution in [-0.4, -0.2) is 59.0 Å². The summed E-state index contributed by atoms with van der Waals surface area (Å²) in [7, 11) is 2.13. The molecule has 7 nitrogen and oxygen atoms in total. The molecule has 1 saturated heterocycles. The molecule has 0 saturated carbocycles. The molecule has 0 radical (unpaired) electrons. The summed E-state index contributed by atoms with van der Waals surface area (Å²) in [6.07, 6.45) is 5.99. The first-order chi connectivity index (χ1) is 15.6. The van der Waals surface area contributed by atoms with Crippen LogP contribution in [0, 0.1) is 6.92 Å². The van der Waals surface area contributed by atoms with Gasteiger partial charge in [-0.05, 0) is 70.0 Å². The molecule has 166 valence electrons. The summed E-state index contributed by atoms with van der Waals surface area (Å²) in [5.74, 6) is 2.48. The highest BCUT2D eigenvalue weighted by molar-refractivity contribution is 5.94. The number of hydrogen-bond donors (Lipinski definition) is 1. The summed E-state index contributed by atoms with van der Waals surface area (Å²) >= 11 is 0. The highest BCUT2D eigenvalue weighted by atomic mass is 16.2. The number of aromatic nitrogens is 3. The molecule has 0 bridgehead atoms. The summed E-state index contributed by atoms with van der Waals surface area (Å²) in [6, 6.07) is 9.73. The number of piperidine rings is 1. The molecule has 1 N–H and O–H groups in total.